The Hall–Kier alpha value is -1.82. The molecule has 2 rings (SSSR count). The van der Waals surface area contributed by atoms with Crippen LogP contribution in [-0.4, -0.2) is 27.1 Å². The number of carbonyl (C=O) groups excluding carboxylic acids is 1. The van der Waals surface area contributed by atoms with Crippen LogP contribution >= 0.6 is 11.8 Å². The van der Waals surface area contributed by atoms with Crippen LogP contribution in [0, 0.1) is 12.8 Å². The Morgan fingerprint density at radius 2 is 2.09 bits per heavy atom. The number of hydrogen-bond donors (Lipinski definition) is 1. The van der Waals surface area contributed by atoms with Gasteiger partial charge in [0.25, 0.3) is 5.56 Å². The number of hydrogen-bond acceptors (Lipinski definition) is 4. The van der Waals surface area contributed by atoms with Crippen molar-refractivity contribution in [2.24, 2.45) is 5.92 Å². The van der Waals surface area contributed by atoms with Crippen molar-refractivity contribution in [3.05, 3.63) is 46.0 Å². The number of pyridine rings is 1. The second kappa shape index (κ2) is 7.64. The normalized spacial score (nSPS) is 12.6. The number of nitrogens with one attached hydrogen (secondary N) is 1. The van der Waals surface area contributed by atoms with Crippen LogP contribution in [0.25, 0.3) is 5.65 Å². The molecule has 2 heterocycles. The molecule has 0 aliphatic heterocycles. The van der Waals surface area contributed by atoms with Crippen LogP contribution in [0.1, 0.15) is 32.0 Å². The van der Waals surface area contributed by atoms with Crippen LogP contribution in [0.5, 0.6) is 0 Å². The molecule has 2 aromatic heterocycles. The molecule has 0 fully saturated rings. The van der Waals surface area contributed by atoms with Crippen molar-refractivity contribution >= 4 is 23.3 Å². The average Bonchev–Trinajstić information content (AvgIpc) is 2.48. The maximum atomic E-state index is 12.1. The fourth-order valence-corrected chi connectivity index (χ4v) is 2.77. The summed E-state index contributed by atoms with van der Waals surface area (Å²) < 4.78 is 1.54. The first-order valence-corrected chi connectivity index (χ1v) is 8.88. The SMILES string of the molecule is Cc1ccc2nc(CSCC(=O)N[C@@H](C)C(C)C)cc(=O)n2c1. The number of aromatic nitrogens is 2. The van der Waals surface area contributed by atoms with Crippen molar-refractivity contribution in [2.45, 2.75) is 39.5 Å². The molecule has 0 saturated heterocycles. The Morgan fingerprint density at radius 1 is 1.35 bits per heavy atom. The molecule has 124 valence electrons. The van der Waals surface area contributed by atoms with Gasteiger partial charge < -0.3 is 5.32 Å². The van der Waals surface area contributed by atoms with Gasteiger partial charge in [0.2, 0.25) is 5.91 Å². The Bertz CT molecular complexity index is 755. The molecule has 2 aromatic rings. The van der Waals surface area contributed by atoms with E-state index in [2.05, 4.69) is 24.1 Å². The van der Waals surface area contributed by atoms with Gasteiger partial charge in [-0.3, -0.25) is 14.0 Å². The van der Waals surface area contributed by atoms with Gasteiger partial charge in [0.1, 0.15) is 5.65 Å². The van der Waals surface area contributed by atoms with E-state index in [0.29, 0.717) is 28.8 Å². The first-order chi connectivity index (χ1) is 10.9. The number of nitrogens with zero attached hydrogens (tertiary/aromatic N) is 2. The minimum absolute atomic E-state index is 0.0179. The molecule has 0 aromatic carbocycles. The van der Waals surface area contributed by atoms with Gasteiger partial charge in [-0.15, -0.1) is 11.8 Å². The highest BCUT2D eigenvalue weighted by Crippen LogP contribution is 2.11. The summed E-state index contributed by atoms with van der Waals surface area (Å²) in [4.78, 5) is 28.4. The maximum Gasteiger partial charge on any atom is 0.258 e. The molecule has 23 heavy (non-hydrogen) atoms. The molecule has 0 saturated carbocycles. The number of aryl methyl sites for hydroxylation is 1. The fourth-order valence-electron chi connectivity index (χ4n) is 2.04. The summed E-state index contributed by atoms with van der Waals surface area (Å²) in [6.07, 6.45) is 1.78. The number of carbonyl (C=O) groups is 1. The molecule has 0 bridgehead atoms. The van der Waals surface area contributed by atoms with Gasteiger partial charge in [-0.1, -0.05) is 19.9 Å². The molecular weight excluding hydrogens is 310 g/mol. The van der Waals surface area contributed by atoms with Crippen molar-refractivity contribution in [1.29, 1.82) is 0 Å². The van der Waals surface area contributed by atoms with Crippen molar-refractivity contribution in [2.75, 3.05) is 5.75 Å². The van der Waals surface area contributed by atoms with Crippen molar-refractivity contribution in [3.63, 3.8) is 0 Å². The van der Waals surface area contributed by atoms with Crippen LogP contribution in [0.2, 0.25) is 0 Å². The molecule has 5 nitrogen and oxygen atoms in total. The van der Waals surface area contributed by atoms with Gasteiger partial charge in [0.05, 0.1) is 11.4 Å². The van der Waals surface area contributed by atoms with E-state index in [4.69, 9.17) is 0 Å². The lowest BCUT2D eigenvalue weighted by Gasteiger charge is -2.17. The van der Waals surface area contributed by atoms with Gasteiger partial charge in [0.15, 0.2) is 0 Å². The predicted octanol–water partition coefficient (Wildman–Crippen LogP) is 2.40. The lowest BCUT2D eigenvalue weighted by molar-refractivity contribution is -0.119. The number of thioether (sulfide) groups is 1. The van der Waals surface area contributed by atoms with Gasteiger partial charge in [-0.2, -0.15) is 0 Å². The summed E-state index contributed by atoms with van der Waals surface area (Å²) in [5.74, 6) is 1.34. The summed E-state index contributed by atoms with van der Waals surface area (Å²) in [7, 11) is 0. The summed E-state index contributed by atoms with van der Waals surface area (Å²) in [6.45, 7) is 8.09. The van der Waals surface area contributed by atoms with Gasteiger partial charge in [0, 0.05) is 24.1 Å². The molecule has 0 radical (unpaired) electrons. The van der Waals surface area contributed by atoms with E-state index in [0.717, 1.165) is 5.56 Å². The molecule has 0 spiro atoms. The zero-order valence-electron chi connectivity index (χ0n) is 14.0. The van der Waals surface area contributed by atoms with Gasteiger partial charge >= 0.3 is 0 Å². The first-order valence-electron chi connectivity index (χ1n) is 7.73. The quantitative estimate of drug-likeness (QED) is 0.882. The maximum absolute atomic E-state index is 12.1. The third kappa shape index (κ3) is 4.82. The molecular formula is C17H23N3O2S. The van der Waals surface area contributed by atoms with Crippen molar-refractivity contribution < 1.29 is 4.79 Å². The Kier molecular flexibility index (Phi) is 5.82. The van der Waals surface area contributed by atoms with E-state index in [1.54, 1.807) is 10.6 Å². The van der Waals surface area contributed by atoms with Crippen LogP contribution in [0.3, 0.4) is 0 Å². The molecule has 1 N–H and O–H groups in total. The average molecular weight is 333 g/mol. The summed E-state index contributed by atoms with van der Waals surface area (Å²) in [5.41, 5.74) is 2.26. The summed E-state index contributed by atoms with van der Waals surface area (Å²) in [6, 6.07) is 5.46. The zero-order chi connectivity index (χ0) is 17.0. The minimum Gasteiger partial charge on any atom is -0.353 e. The molecule has 6 heteroatoms. The smallest absolute Gasteiger partial charge is 0.258 e. The highest BCUT2D eigenvalue weighted by Gasteiger charge is 2.11. The summed E-state index contributed by atoms with van der Waals surface area (Å²) >= 11 is 1.47. The third-order valence-corrected chi connectivity index (χ3v) is 4.70. The largest absolute Gasteiger partial charge is 0.353 e. The summed E-state index contributed by atoms with van der Waals surface area (Å²) in [5, 5.41) is 2.97. The van der Waals surface area contributed by atoms with Crippen LogP contribution in [-0.2, 0) is 10.5 Å². The third-order valence-electron chi connectivity index (χ3n) is 3.73. The van der Waals surface area contributed by atoms with E-state index in [-0.39, 0.29) is 17.5 Å². The van der Waals surface area contributed by atoms with Gasteiger partial charge in [-0.05, 0) is 31.4 Å². The fraction of sp³-hybridized carbons (Fsp3) is 0.471. The molecule has 1 amide bonds. The molecule has 1 atom stereocenters. The highest BCUT2D eigenvalue weighted by atomic mass is 32.2. The lowest BCUT2D eigenvalue weighted by Crippen LogP contribution is -2.37. The van der Waals surface area contributed by atoms with Crippen molar-refractivity contribution in [1.82, 2.24) is 14.7 Å². The van der Waals surface area contributed by atoms with Crippen LogP contribution in [0.4, 0.5) is 0 Å². The van der Waals surface area contributed by atoms with E-state index in [1.807, 2.05) is 26.0 Å². The van der Waals surface area contributed by atoms with E-state index < -0.39 is 0 Å². The van der Waals surface area contributed by atoms with E-state index >= 15 is 0 Å². The minimum atomic E-state index is -0.0906. The molecule has 0 aliphatic rings. The topological polar surface area (TPSA) is 63.5 Å². The standard InChI is InChI=1S/C17H23N3O2S/c1-11(2)13(4)18-16(21)10-23-9-14-7-17(22)20-8-12(3)5-6-15(20)19-14/h5-8,11,13H,9-10H2,1-4H3,(H,18,21)/t13-/m0/s1. The predicted molar refractivity (Wildman–Crippen MR) is 94.8 cm³/mol. The lowest BCUT2D eigenvalue weighted by atomic mass is 10.1. The number of fused-ring (bicyclic) bond motifs is 1. The monoisotopic (exact) mass is 333 g/mol. The second-order valence-electron chi connectivity index (χ2n) is 6.11. The Morgan fingerprint density at radius 3 is 2.78 bits per heavy atom. The first kappa shape index (κ1) is 17.5. The van der Waals surface area contributed by atoms with Gasteiger partial charge in [-0.25, -0.2) is 4.98 Å². The van der Waals surface area contributed by atoms with Crippen LogP contribution < -0.4 is 10.9 Å². The van der Waals surface area contributed by atoms with Crippen molar-refractivity contribution in [3.8, 4) is 0 Å². The number of rotatable bonds is 6. The molecule has 0 unspecified atom stereocenters. The second-order valence-corrected chi connectivity index (χ2v) is 7.10. The zero-order valence-corrected chi connectivity index (χ0v) is 14.8. The Balaban J connectivity index is 1.96. The highest BCUT2D eigenvalue weighted by molar-refractivity contribution is 7.99. The van der Waals surface area contributed by atoms with E-state index in [1.165, 1.54) is 17.8 Å². The van der Waals surface area contributed by atoms with Crippen LogP contribution in [0.15, 0.2) is 29.2 Å². The molecule has 0 aliphatic carbocycles. The number of amides is 1. The Labute approximate surface area is 140 Å². The van der Waals surface area contributed by atoms with E-state index in [9.17, 15) is 9.59 Å².